The molecule has 4 unspecified atom stereocenters. The summed E-state index contributed by atoms with van der Waals surface area (Å²) in [6.45, 7) is 9.25. The van der Waals surface area contributed by atoms with Crippen LogP contribution < -0.4 is 5.32 Å². The van der Waals surface area contributed by atoms with Crippen LogP contribution in [-0.4, -0.2) is 31.1 Å². The molecule has 21 heavy (non-hydrogen) atoms. The van der Waals surface area contributed by atoms with E-state index < -0.39 is 0 Å². The molecule has 1 aliphatic carbocycles. The molecule has 0 radical (unpaired) electrons. The normalized spacial score (nSPS) is 28.0. The van der Waals surface area contributed by atoms with Gasteiger partial charge in [-0.2, -0.15) is 0 Å². The van der Waals surface area contributed by atoms with Gasteiger partial charge in [-0.05, 0) is 63.1 Å². The highest BCUT2D eigenvalue weighted by atomic mass is 32.1. The van der Waals surface area contributed by atoms with Gasteiger partial charge in [-0.3, -0.25) is 4.90 Å². The maximum absolute atomic E-state index is 3.73. The Bertz CT molecular complexity index is 390. The van der Waals surface area contributed by atoms with Crippen LogP contribution in [0.3, 0.4) is 0 Å². The summed E-state index contributed by atoms with van der Waals surface area (Å²) in [5, 5.41) is 5.92. The SMILES string of the molecule is CCNC1CCC(CC)CC1CN(C)C(C)c1cccs1. The van der Waals surface area contributed by atoms with Crippen LogP contribution in [0, 0.1) is 11.8 Å². The Hall–Kier alpha value is -0.380. The molecule has 0 bridgehead atoms. The van der Waals surface area contributed by atoms with Gasteiger partial charge in [0.1, 0.15) is 0 Å². The third kappa shape index (κ3) is 4.54. The summed E-state index contributed by atoms with van der Waals surface area (Å²) in [6.07, 6.45) is 5.52. The molecule has 1 fully saturated rings. The van der Waals surface area contributed by atoms with Gasteiger partial charge in [0.25, 0.3) is 0 Å². The minimum atomic E-state index is 0.536. The van der Waals surface area contributed by atoms with E-state index in [1.165, 1.54) is 37.1 Å². The minimum absolute atomic E-state index is 0.536. The zero-order valence-electron chi connectivity index (χ0n) is 14.1. The summed E-state index contributed by atoms with van der Waals surface area (Å²) in [5.41, 5.74) is 0. The third-order valence-electron chi connectivity index (χ3n) is 5.27. The lowest BCUT2D eigenvalue weighted by Gasteiger charge is -2.39. The van der Waals surface area contributed by atoms with Gasteiger partial charge in [0.2, 0.25) is 0 Å². The second-order valence-corrected chi connectivity index (χ2v) is 7.62. The Labute approximate surface area is 134 Å². The summed E-state index contributed by atoms with van der Waals surface area (Å²) in [6, 6.07) is 5.69. The smallest absolute Gasteiger partial charge is 0.0410 e. The van der Waals surface area contributed by atoms with Crippen molar-refractivity contribution in [3.05, 3.63) is 22.4 Å². The van der Waals surface area contributed by atoms with Crippen molar-refractivity contribution in [2.75, 3.05) is 20.1 Å². The third-order valence-corrected chi connectivity index (χ3v) is 6.32. The second kappa shape index (κ2) is 8.30. The lowest BCUT2D eigenvalue weighted by Crippen LogP contribution is -2.45. The summed E-state index contributed by atoms with van der Waals surface area (Å²) in [5.74, 6) is 1.74. The Balaban J connectivity index is 1.96. The van der Waals surface area contributed by atoms with Crippen molar-refractivity contribution in [1.29, 1.82) is 0 Å². The van der Waals surface area contributed by atoms with Crippen LogP contribution in [0.25, 0.3) is 0 Å². The lowest BCUT2D eigenvalue weighted by molar-refractivity contribution is 0.134. The van der Waals surface area contributed by atoms with Crippen LogP contribution in [0.15, 0.2) is 17.5 Å². The summed E-state index contributed by atoms with van der Waals surface area (Å²) in [4.78, 5) is 4.04. The second-order valence-electron chi connectivity index (χ2n) is 6.64. The van der Waals surface area contributed by atoms with E-state index in [1.807, 2.05) is 11.3 Å². The van der Waals surface area contributed by atoms with E-state index in [1.54, 1.807) is 0 Å². The monoisotopic (exact) mass is 308 g/mol. The van der Waals surface area contributed by atoms with Crippen LogP contribution in [0.4, 0.5) is 0 Å². The Morgan fingerprint density at radius 1 is 1.38 bits per heavy atom. The molecule has 1 aromatic rings. The van der Waals surface area contributed by atoms with Crippen molar-refractivity contribution in [2.45, 2.75) is 58.5 Å². The average molecular weight is 309 g/mol. The van der Waals surface area contributed by atoms with Gasteiger partial charge in [0.15, 0.2) is 0 Å². The van der Waals surface area contributed by atoms with Crippen molar-refractivity contribution in [2.24, 2.45) is 11.8 Å². The maximum Gasteiger partial charge on any atom is 0.0410 e. The molecular formula is C18H32N2S. The summed E-state index contributed by atoms with van der Waals surface area (Å²) >= 11 is 1.88. The van der Waals surface area contributed by atoms with Gasteiger partial charge >= 0.3 is 0 Å². The number of hydrogen-bond acceptors (Lipinski definition) is 3. The van der Waals surface area contributed by atoms with E-state index in [4.69, 9.17) is 0 Å². The van der Waals surface area contributed by atoms with Crippen molar-refractivity contribution in [3.63, 3.8) is 0 Å². The molecule has 1 heterocycles. The molecule has 0 aliphatic heterocycles. The first-order valence-corrected chi connectivity index (χ1v) is 9.50. The number of nitrogens with zero attached hydrogens (tertiary/aromatic N) is 1. The van der Waals surface area contributed by atoms with Gasteiger partial charge < -0.3 is 5.32 Å². The first-order chi connectivity index (χ1) is 10.2. The van der Waals surface area contributed by atoms with E-state index in [-0.39, 0.29) is 0 Å². The van der Waals surface area contributed by atoms with Crippen LogP contribution in [0.2, 0.25) is 0 Å². The van der Waals surface area contributed by atoms with E-state index >= 15 is 0 Å². The molecule has 2 rings (SSSR count). The van der Waals surface area contributed by atoms with E-state index in [0.717, 1.165) is 24.4 Å². The van der Waals surface area contributed by atoms with Crippen LogP contribution in [-0.2, 0) is 0 Å². The first kappa shape index (κ1) is 17.0. The van der Waals surface area contributed by atoms with Crippen LogP contribution >= 0.6 is 11.3 Å². The molecule has 0 saturated heterocycles. The first-order valence-electron chi connectivity index (χ1n) is 8.62. The Morgan fingerprint density at radius 3 is 2.81 bits per heavy atom. The highest BCUT2D eigenvalue weighted by molar-refractivity contribution is 7.10. The molecule has 4 atom stereocenters. The fraction of sp³-hybridized carbons (Fsp3) is 0.778. The molecule has 1 aliphatic rings. The molecule has 1 aromatic heterocycles. The van der Waals surface area contributed by atoms with Crippen LogP contribution in [0.5, 0.6) is 0 Å². The summed E-state index contributed by atoms with van der Waals surface area (Å²) < 4.78 is 0. The maximum atomic E-state index is 3.73. The molecule has 1 N–H and O–H groups in total. The fourth-order valence-electron chi connectivity index (χ4n) is 3.74. The summed E-state index contributed by atoms with van der Waals surface area (Å²) in [7, 11) is 2.29. The van der Waals surface area contributed by atoms with Gasteiger partial charge in [-0.15, -0.1) is 11.3 Å². The zero-order chi connectivity index (χ0) is 15.2. The number of nitrogens with one attached hydrogen (secondary N) is 1. The Morgan fingerprint density at radius 2 is 2.19 bits per heavy atom. The number of thiophene rings is 1. The van der Waals surface area contributed by atoms with Gasteiger partial charge in [0, 0.05) is 23.5 Å². The number of rotatable bonds is 7. The molecule has 1 saturated carbocycles. The van der Waals surface area contributed by atoms with Crippen molar-refractivity contribution in [1.82, 2.24) is 10.2 Å². The van der Waals surface area contributed by atoms with E-state index in [0.29, 0.717) is 6.04 Å². The van der Waals surface area contributed by atoms with Crippen molar-refractivity contribution >= 4 is 11.3 Å². The molecule has 0 spiro atoms. The molecule has 0 aromatic carbocycles. The lowest BCUT2D eigenvalue weighted by atomic mass is 9.76. The molecule has 3 heteroatoms. The molecule has 0 amide bonds. The average Bonchev–Trinajstić information content (AvgIpc) is 3.02. The van der Waals surface area contributed by atoms with Crippen LogP contribution in [0.1, 0.15) is 57.4 Å². The van der Waals surface area contributed by atoms with E-state index in [9.17, 15) is 0 Å². The highest BCUT2D eigenvalue weighted by Gasteiger charge is 2.30. The largest absolute Gasteiger partial charge is 0.314 e. The van der Waals surface area contributed by atoms with E-state index in [2.05, 4.69) is 55.5 Å². The predicted octanol–water partition coefficient (Wildman–Crippen LogP) is 4.55. The number of hydrogen-bond donors (Lipinski definition) is 1. The quantitative estimate of drug-likeness (QED) is 0.795. The fourth-order valence-corrected chi connectivity index (χ4v) is 4.59. The van der Waals surface area contributed by atoms with Gasteiger partial charge in [-0.1, -0.05) is 26.3 Å². The predicted molar refractivity (Wildman–Crippen MR) is 94.0 cm³/mol. The van der Waals surface area contributed by atoms with Crippen molar-refractivity contribution < 1.29 is 0 Å². The zero-order valence-corrected chi connectivity index (χ0v) is 15.0. The Kier molecular flexibility index (Phi) is 6.72. The molecule has 120 valence electrons. The van der Waals surface area contributed by atoms with Gasteiger partial charge in [-0.25, -0.2) is 0 Å². The van der Waals surface area contributed by atoms with Crippen molar-refractivity contribution in [3.8, 4) is 0 Å². The molecule has 2 nitrogen and oxygen atoms in total. The standard InChI is InChI=1S/C18H32N2S/c1-5-15-9-10-17(19-6-2)16(12-15)13-20(4)14(3)18-8-7-11-21-18/h7-8,11,14-17,19H,5-6,9-10,12-13H2,1-4H3. The highest BCUT2D eigenvalue weighted by Crippen LogP contribution is 2.33. The topological polar surface area (TPSA) is 15.3 Å². The van der Waals surface area contributed by atoms with Gasteiger partial charge in [0.05, 0.1) is 0 Å². The molecular weight excluding hydrogens is 276 g/mol. The minimum Gasteiger partial charge on any atom is -0.314 e.